The molecule has 2 atom stereocenters. The van der Waals surface area contributed by atoms with Crippen LogP contribution in [-0.4, -0.2) is 21.2 Å². The number of anilines is 1. The van der Waals surface area contributed by atoms with Gasteiger partial charge in [-0.15, -0.1) is 0 Å². The lowest BCUT2D eigenvalue weighted by Crippen LogP contribution is -2.12. The number of halogens is 1. The first-order valence-electron chi connectivity index (χ1n) is 4.11. The molecule has 0 amide bonds. The van der Waals surface area contributed by atoms with Crippen LogP contribution >= 0.6 is 0 Å². The van der Waals surface area contributed by atoms with Crippen LogP contribution in [0.15, 0.2) is 23.1 Å². The van der Waals surface area contributed by atoms with Crippen molar-refractivity contribution in [2.75, 3.05) is 11.5 Å². The Morgan fingerprint density at radius 3 is 2.71 bits per heavy atom. The summed E-state index contributed by atoms with van der Waals surface area (Å²) in [5, 5.41) is 9.00. The summed E-state index contributed by atoms with van der Waals surface area (Å²) < 4.78 is 24.3. The number of nitrogens with two attached hydrogens (primary N) is 1. The summed E-state index contributed by atoms with van der Waals surface area (Å²) in [6.07, 6.45) is -0.680. The predicted molar refractivity (Wildman–Crippen MR) is 53.8 cm³/mol. The van der Waals surface area contributed by atoms with Gasteiger partial charge < -0.3 is 10.8 Å². The number of aliphatic hydroxyl groups is 1. The van der Waals surface area contributed by atoms with Crippen LogP contribution < -0.4 is 5.73 Å². The van der Waals surface area contributed by atoms with Gasteiger partial charge in [-0.1, -0.05) is 0 Å². The molecule has 1 aromatic rings. The van der Waals surface area contributed by atoms with Gasteiger partial charge in [0, 0.05) is 10.6 Å². The van der Waals surface area contributed by atoms with E-state index in [1.165, 1.54) is 13.0 Å². The van der Waals surface area contributed by atoms with Crippen LogP contribution in [0, 0.1) is 5.82 Å². The Morgan fingerprint density at radius 1 is 1.57 bits per heavy atom. The van der Waals surface area contributed by atoms with Crippen molar-refractivity contribution in [3.8, 4) is 0 Å². The van der Waals surface area contributed by atoms with E-state index in [4.69, 9.17) is 10.8 Å². The van der Waals surface area contributed by atoms with Crippen molar-refractivity contribution in [2.45, 2.75) is 17.9 Å². The third-order valence-corrected chi connectivity index (χ3v) is 3.10. The largest absolute Gasteiger partial charge is 0.399 e. The third-order valence-electron chi connectivity index (χ3n) is 1.55. The van der Waals surface area contributed by atoms with E-state index in [2.05, 4.69) is 0 Å². The molecule has 0 saturated carbocycles. The first-order valence-corrected chi connectivity index (χ1v) is 5.43. The van der Waals surface area contributed by atoms with Crippen molar-refractivity contribution in [2.24, 2.45) is 0 Å². The van der Waals surface area contributed by atoms with Crippen LogP contribution in [0.5, 0.6) is 0 Å². The van der Waals surface area contributed by atoms with E-state index in [1.807, 2.05) is 0 Å². The first-order chi connectivity index (χ1) is 6.49. The average Bonchev–Trinajstić information content (AvgIpc) is 2.00. The molecule has 78 valence electrons. The van der Waals surface area contributed by atoms with E-state index in [0.717, 1.165) is 12.1 Å². The lowest BCUT2D eigenvalue weighted by molar-refractivity contribution is 0.219. The molecular formula is C9H12FNO2S. The number of hydrogen-bond donors (Lipinski definition) is 2. The van der Waals surface area contributed by atoms with Gasteiger partial charge in [-0.3, -0.25) is 4.21 Å². The molecule has 0 spiro atoms. The van der Waals surface area contributed by atoms with E-state index < -0.39 is 22.7 Å². The first kappa shape index (κ1) is 11.1. The Hall–Kier alpha value is -0.940. The van der Waals surface area contributed by atoms with Crippen LogP contribution in [0.1, 0.15) is 6.92 Å². The maximum absolute atomic E-state index is 12.8. The van der Waals surface area contributed by atoms with Gasteiger partial charge in [0.2, 0.25) is 0 Å². The fraction of sp³-hybridized carbons (Fsp3) is 0.333. The zero-order valence-corrected chi connectivity index (χ0v) is 8.55. The Labute approximate surface area is 84.2 Å². The van der Waals surface area contributed by atoms with Gasteiger partial charge in [0.15, 0.2) is 0 Å². The van der Waals surface area contributed by atoms with Gasteiger partial charge in [-0.25, -0.2) is 4.39 Å². The van der Waals surface area contributed by atoms with E-state index in [-0.39, 0.29) is 11.4 Å². The zero-order chi connectivity index (χ0) is 10.7. The molecule has 3 nitrogen and oxygen atoms in total. The van der Waals surface area contributed by atoms with Crippen molar-refractivity contribution in [3.05, 3.63) is 24.0 Å². The summed E-state index contributed by atoms with van der Waals surface area (Å²) in [6, 6.07) is 3.76. The summed E-state index contributed by atoms with van der Waals surface area (Å²) in [4.78, 5) is 0.309. The van der Waals surface area contributed by atoms with E-state index in [1.54, 1.807) is 0 Å². The maximum Gasteiger partial charge on any atom is 0.126 e. The van der Waals surface area contributed by atoms with E-state index in [9.17, 15) is 8.60 Å². The second-order valence-electron chi connectivity index (χ2n) is 3.08. The molecule has 2 unspecified atom stereocenters. The van der Waals surface area contributed by atoms with Gasteiger partial charge in [0.05, 0.1) is 22.7 Å². The van der Waals surface area contributed by atoms with Crippen molar-refractivity contribution in [1.29, 1.82) is 0 Å². The topological polar surface area (TPSA) is 63.3 Å². The highest BCUT2D eigenvalue weighted by Gasteiger charge is 2.09. The molecule has 0 bridgehead atoms. The molecule has 0 radical (unpaired) electrons. The van der Waals surface area contributed by atoms with Crippen LogP contribution in [0.2, 0.25) is 0 Å². The number of nitrogen functional groups attached to an aromatic ring is 1. The second-order valence-corrected chi connectivity index (χ2v) is 4.58. The number of aliphatic hydroxyl groups excluding tert-OH is 1. The highest BCUT2D eigenvalue weighted by molar-refractivity contribution is 7.85. The smallest absolute Gasteiger partial charge is 0.126 e. The average molecular weight is 217 g/mol. The Bertz CT molecular complexity index is 334. The molecule has 1 rings (SSSR count). The summed E-state index contributed by atoms with van der Waals surface area (Å²) in [6.45, 7) is 1.53. The Morgan fingerprint density at radius 2 is 2.21 bits per heavy atom. The SMILES string of the molecule is CC(O)CS(=O)c1cc(N)cc(F)c1. The minimum Gasteiger partial charge on any atom is -0.399 e. The normalized spacial score (nSPS) is 15.1. The minimum absolute atomic E-state index is 0.0862. The fourth-order valence-corrected chi connectivity index (χ4v) is 2.17. The van der Waals surface area contributed by atoms with Crippen LogP contribution in [-0.2, 0) is 10.8 Å². The van der Waals surface area contributed by atoms with E-state index >= 15 is 0 Å². The van der Waals surface area contributed by atoms with Crippen LogP contribution in [0.3, 0.4) is 0 Å². The standard InChI is InChI=1S/C9H12FNO2S/c1-6(12)5-14(13)9-3-7(10)2-8(11)4-9/h2-4,6,12H,5,11H2,1H3. The van der Waals surface area contributed by atoms with Crippen molar-refractivity contribution in [1.82, 2.24) is 0 Å². The molecule has 0 aromatic heterocycles. The molecule has 0 aliphatic heterocycles. The van der Waals surface area contributed by atoms with Crippen LogP contribution in [0.4, 0.5) is 10.1 Å². The fourth-order valence-electron chi connectivity index (χ4n) is 1.03. The minimum atomic E-state index is -1.40. The molecule has 0 aliphatic rings. The summed E-state index contributed by atoms with van der Waals surface area (Å²) in [7, 11) is -1.40. The second kappa shape index (κ2) is 4.52. The van der Waals surface area contributed by atoms with Crippen LogP contribution in [0.25, 0.3) is 0 Å². The predicted octanol–water partition coefficient (Wildman–Crippen LogP) is 0.896. The number of hydrogen-bond acceptors (Lipinski definition) is 3. The molecule has 0 saturated heterocycles. The molecular weight excluding hydrogens is 205 g/mol. The monoisotopic (exact) mass is 217 g/mol. The van der Waals surface area contributed by atoms with Crippen molar-refractivity contribution >= 4 is 16.5 Å². The van der Waals surface area contributed by atoms with E-state index in [0.29, 0.717) is 4.90 Å². The summed E-state index contributed by atoms with van der Waals surface area (Å²) in [5.74, 6) is -0.429. The van der Waals surface area contributed by atoms with Gasteiger partial charge in [-0.2, -0.15) is 0 Å². The lowest BCUT2D eigenvalue weighted by Gasteiger charge is -2.05. The van der Waals surface area contributed by atoms with Gasteiger partial charge in [0.1, 0.15) is 5.82 Å². The number of rotatable bonds is 3. The molecule has 0 fully saturated rings. The Kier molecular flexibility index (Phi) is 3.60. The highest BCUT2D eigenvalue weighted by Crippen LogP contribution is 2.14. The maximum atomic E-state index is 12.8. The zero-order valence-electron chi connectivity index (χ0n) is 7.74. The molecule has 0 aliphatic carbocycles. The van der Waals surface area contributed by atoms with Crippen molar-refractivity contribution in [3.63, 3.8) is 0 Å². The molecule has 5 heteroatoms. The molecule has 0 heterocycles. The Balaban J connectivity index is 2.90. The van der Waals surface area contributed by atoms with Gasteiger partial charge in [0.25, 0.3) is 0 Å². The molecule has 3 N–H and O–H groups in total. The highest BCUT2D eigenvalue weighted by atomic mass is 32.2. The number of benzene rings is 1. The third kappa shape index (κ3) is 3.08. The summed E-state index contributed by atoms with van der Waals surface area (Å²) >= 11 is 0. The lowest BCUT2D eigenvalue weighted by atomic mass is 10.3. The van der Waals surface area contributed by atoms with Crippen molar-refractivity contribution < 1.29 is 13.7 Å². The van der Waals surface area contributed by atoms with Gasteiger partial charge >= 0.3 is 0 Å². The summed E-state index contributed by atoms with van der Waals surface area (Å²) in [5.41, 5.74) is 5.63. The molecule has 1 aromatic carbocycles. The quantitative estimate of drug-likeness (QED) is 0.739. The van der Waals surface area contributed by atoms with Gasteiger partial charge in [-0.05, 0) is 25.1 Å². The molecule has 14 heavy (non-hydrogen) atoms.